The Bertz CT molecular complexity index is 734. The standard InChI is InChI=1S/C18H22N4O2/c1-12-20-17(21-24-12)13-6-8-22(9-7-13)18(23)16-10-14-4-2-3-5-15(14)11-19-16/h2-5,13,16,19H,6-11H2,1H3/t16-/m1/s1. The molecule has 0 bridgehead atoms. The SMILES string of the molecule is Cc1nc(C2CCN(C(=O)[C@H]3Cc4ccccc4CN3)CC2)no1. The lowest BCUT2D eigenvalue weighted by molar-refractivity contribution is -0.134. The van der Waals surface area contributed by atoms with E-state index in [1.807, 2.05) is 24.0 Å². The van der Waals surface area contributed by atoms with Crippen LogP contribution in [0, 0.1) is 6.92 Å². The monoisotopic (exact) mass is 326 g/mol. The van der Waals surface area contributed by atoms with Crippen LogP contribution in [0.1, 0.15) is 41.6 Å². The van der Waals surface area contributed by atoms with Gasteiger partial charge in [0.25, 0.3) is 0 Å². The van der Waals surface area contributed by atoms with E-state index < -0.39 is 0 Å². The van der Waals surface area contributed by atoms with Crippen molar-refractivity contribution in [1.82, 2.24) is 20.4 Å². The number of hydrogen-bond donors (Lipinski definition) is 1. The maximum absolute atomic E-state index is 12.8. The van der Waals surface area contributed by atoms with Gasteiger partial charge in [-0.05, 0) is 30.4 Å². The van der Waals surface area contributed by atoms with E-state index in [1.165, 1.54) is 11.1 Å². The first-order chi connectivity index (χ1) is 11.7. The first kappa shape index (κ1) is 15.3. The second-order valence-corrected chi connectivity index (χ2v) is 6.68. The zero-order valence-corrected chi connectivity index (χ0v) is 13.9. The van der Waals surface area contributed by atoms with Gasteiger partial charge in [-0.25, -0.2) is 0 Å². The van der Waals surface area contributed by atoms with E-state index in [0.717, 1.165) is 44.7 Å². The summed E-state index contributed by atoms with van der Waals surface area (Å²) in [5.41, 5.74) is 2.58. The lowest BCUT2D eigenvalue weighted by atomic mass is 9.93. The van der Waals surface area contributed by atoms with Crippen LogP contribution >= 0.6 is 0 Å². The Morgan fingerprint density at radius 2 is 2.00 bits per heavy atom. The molecule has 24 heavy (non-hydrogen) atoms. The predicted octanol–water partition coefficient (Wildman–Crippen LogP) is 1.80. The van der Waals surface area contributed by atoms with Gasteiger partial charge in [-0.3, -0.25) is 4.79 Å². The summed E-state index contributed by atoms with van der Waals surface area (Å²) in [7, 11) is 0. The molecule has 3 heterocycles. The van der Waals surface area contributed by atoms with Gasteiger partial charge in [0.2, 0.25) is 11.8 Å². The number of fused-ring (bicyclic) bond motifs is 1. The van der Waals surface area contributed by atoms with Gasteiger partial charge in [0.15, 0.2) is 5.82 Å². The van der Waals surface area contributed by atoms with E-state index in [9.17, 15) is 4.79 Å². The molecule has 2 aliphatic rings. The van der Waals surface area contributed by atoms with Crippen molar-refractivity contribution in [3.63, 3.8) is 0 Å². The molecule has 1 aromatic heterocycles. The van der Waals surface area contributed by atoms with E-state index in [2.05, 4.69) is 27.6 Å². The Morgan fingerprint density at radius 1 is 1.25 bits per heavy atom. The van der Waals surface area contributed by atoms with Crippen molar-refractivity contribution < 1.29 is 9.32 Å². The maximum Gasteiger partial charge on any atom is 0.240 e. The van der Waals surface area contributed by atoms with Crippen LogP contribution in [0.15, 0.2) is 28.8 Å². The number of nitrogens with zero attached hydrogens (tertiary/aromatic N) is 3. The number of rotatable bonds is 2. The van der Waals surface area contributed by atoms with Gasteiger partial charge >= 0.3 is 0 Å². The van der Waals surface area contributed by atoms with Crippen LogP contribution < -0.4 is 5.32 Å². The highest BCUT2D eigenvalue weighted by Gasteiger charge is 2.31. The highest BCUT2D eigenvalue weighted by atomic mass is 16.5. The summed E-state index contributed by atoms with van der Waals surface area (Å²) < 4.78 is 5.07. The van der Waals surface area contributed by atoms with Crippen LogP contribution in [0.4, 0.5) is 0 Å². The molecule has 1 saturated heterocycles. The topological polar surface area (TPSA) is 71.3 Å². The van der Waals surface area contributed by atoms with Crippen LogP contribution in [0.5, 0.6) is 0 Å². The lowest BCUT2D eigenvalue weighted by Gasteiger charge is -2.35. The molecule has 2 aromatic rings. The van der Waals surface area contributed by atoms with Gasteiger partial charge in [-0.2, -0.15) is 4.98 Å². The second-order valence-electron chi connectivity index (χ2n) is 6.68. The second kappa shape index (κ2) is 6.36. The zero-order chi connectivity index (χ0) is 16.5. The van der Waals surface area contributed by atoms with E-state index in [1.54, 1.807) is 0 Å². The van der Waals surface area contributed by atoms with E-state index in [-0.39, 0.29) is 11.9 Å². The van der Waals surface area contributed by atoms with Gasteiger partial charge in [-0.1, -0.05) is 29.4 Å². The Labute approximate surface area is 141 Å². The number of piperidine rings is 1. The fraction of sp³-hybridized carbons (Fsp3) is 0.500. The molecule has 1 fully saturated rings. The number of carbonyl (C=O) groups is 1. The first-order valence-corrected chi connectivity index (χ1v) is 8.60. The Kier molecular flexibility index (Phi) is 4.06. The summed E-state index contributed by atoms with van der Waals surface area (Å²) in [5.74, 6) is 1.90. The first-order valence-electron chi connectivity index (χ1n) is 8.60. The molecule has 6 heteroatoms. The fourth-order valence-corrected chi connectivity index (χ4v) is 3.69. The largest absolute Gasteiger partial charge is 0.341 e. The molecule has 0 spiro atoms. The van der Waals surface area contributed by atoms with Crippen LogP contribution in [0.25, 0.3) is 0 Å². The number of benzene rings is 1. The summed E-state index contributed by atoms with van der Waals surface area (Å²) >= 11 is 0. The van der Waals surface area contributed by atoms with Crippen LogP contribution in [0.2, 0.25) is 0 Å². The molecular formula is C18H22N4O2. The van der Waals surface area contributed by atoms with Gasteiger partial charge in [0, 0.05) is 32.5 Å². The minimum Gasteiger partial charge on any atom is -0.341 e. The number of likely N-dealkylation sites (tertiary alicyclic amines) is 1. The highest BCUT2D eigenvalue weighted by Crippen LogP contribution is 2.27. The van der Waals surface area contributed by atoms with E-state index in [4.69, 9.17) is 4.52 Å². The summed E-state index contributed by atoms with van der Waals surface area (Å²) in [5, 5.41) is 7.41. The van der Waals surface area contributed by atoms with Gasteiger partial charge in [-0.15, -0.1) is 0 Å². The van der Waals surface area contributed by atoms with Crippen molar-refractivity contribution in [1.29, 1.82) is 0 Å². The Morgan fingerprint density at radius 3 is 2.71 bits per heavy atom. The van der Waals surface area contributed by atoms with Crippen molar-refractivity contribution in [2.75, 3.05) is 13.1 Å². The lowest BCUT2D eigenvalue weighted by Crippen LogP contribution is -2.51. The predicted molar refractivity (Wildman–Crippen MR) is 88.4 cm³/mol. The van der Waals surface area contributed by atoms with Crippen molar-refractivity contribution in [2.45, 2.75) is 44.7 Å². The molecule has 0 saturated carbocycles. The summed E-state index contributed by atoms with van der Waals surface area (Å²) in [6.07, 6.45) is 2.57. The summed E-state index contributed by atoms with van der Waals surface area (Å²) in [6.45, 7) is 4.10. The summed E-state index contributed by atoms with van der Waals surface area (Å²) in [6, 6.07) is 8.24. The minimum atomic E-state index is -0.108. The third kappa shape index (κ3) is 2.94. The Hall–Kier alpha value is -2.21. The molecular weight excluding hydrogens is 304 g/mol. The molecule has 1 aromatic carbocycles. The van der Waals surface area contributed by atoms with Crippen LogP contribution in [0.3, 0.4) is 0 Å². The normalized spacial score (nSPS) is 21.5. The minimum absolute atomic E-state index is 0.108. The fourth-order valence-electron chi connectivity index (χ4n) is 3.69. The average Bonchev–Trinajstić information content (AvgIpc) is 3.07. The number of nitrogens with one attached hydrogen (secondary N) is 1. The molecule has 4 rings (SSSR count). The van der Waals surface area contributed by atoms with Gasteiger partial charge < -0.3 is 14.7 Å². The van der Waals surface area contributed by atoms with Gasteiger partial charge in [0.05, 0.1) is 6.04 Å². The third-order valence-corrected chi connectivity index (χ3v) is 5.09. The Balaban J connectivity index is 1.37. The number of carbonyl (C=O) groups excluding carboxylic acids is 1. The van der Waals surface area contributed by atoms with Crippen molar-refractivity contribution in [3.05, 3.63) is 47.1 Å². The van der Waals surface area contributed by atoms with E-state index >= 15 is 0 Å². The molecule has 1 amide bonds. The number of aromatic nitrogens is 2. The van der Waals surface area contributed by atoms with Crippen molar-refractivity contribution in [3.8, 4) is 0 Å². The molecule has 0 aliphatic carbocycles. The molecule has 1 atom stereocenters. The molecule has 6 nitrogen and oxygen atoms in total. The number of aryl methyl sites for hydroxylation is 1. The number of hydrogen-bond acceptors (Lipinski definition) is 5. The molecule has 126 valence electrons. The highest BCUT2D eigenvalue weighted by molar-refractivity contribution is 5.82. The molecule has 1 N–H and O–H groups in total. The third-order valence-electron chi connectivity index (χ3n) is 5.09. The van der Waals surface area contributed by atoms with Gasteiger partial charge in [0.1, 0.15) is 0 Å². The van der Waals surface area contributed by atoms with Crippen LogP contribution in [-0.2, 0) is 17.8 Å². The van der Waals surface area contributed by atoms with Crippen molar-refractivity contribution >= 4 is 5.91 Å². The molecule has 0 radical (unpaired) electrons. The molecule has 2 aliphatic heterocycles. The maximum atomic E-state index is 12.8. The quantitative estimate of drug-likeness (QED) is 0.911. The smallest absolute Gasteiger partial charge is 0.240 e. The zero-order valence-electron chi connectivity index (χ0n) is 13.9. The number of amides is 1. The van der Waals surface area contributed by atoms with E-state index in [0.29, 0.717) is 11.8 Å². The summed E-state index contributed by atoms with van der Waals surface area (Å²) in [4.78, 5) is 19.1. The van der Waals surface area contributed by atoms with Crippen molar-refractivity contribution in [2.24, 2.45) is 0 Å². The molecule has 0 unspecified atom stereocenters. The average molecular weight is 326 g/mol. The van der Waals surface area contributed by atoms with Crippen LogP contribution in [-0.4, -0.2) is 40.1 Å².